The first-order chi connectivity index (χ1) is 8.49. The summed E-state index contributed by atoms with van der Waals surface area (Å²) >= 11 is 0. The molecule has 0 unspecified atom stereocenters. The van der Waals surface area contributed by atoms with Crippen LogP contribution in [-0.2, 0) is 0 Å². The monoisotopic (exact) mass is 254 g/mol. The van der Waals surface area contributed by atoms with Crippen LogP contribution in [0.4, 0.5) is 4.79 Å². The highest BCUT2D eigenvalue weighted by molar-refractivity contribution is 5.74. The number of urea groups is 1. The van der Waals surface area contributed by atoms with E-state index in [0.29, 0.717) is 12.1 Å². The highest BCUT2D eigenvalue weighted by atomic mass is 16.2. The van der Waals surface area contributed by atoms with Crippen molar-refractivity contribution in [2.75, 3.05) is 53.4 Å². The van der Waals surface area contributed by atoms with Gasteiger partial charge in [0.05, 0.1) is 6.04 Å². The molecule has 2 fully saturated rings. The second-order valence-corrected chi connectivity index (χ2v) is 5.89. The third kappa shape index (κ3) is 2.78. The number of carbonyl (C=O) groups excluding carboxylic acids is 1. The lowest BCUT2D eigenvalue weighted by Gasteiger charge is -2.47. The molecule has 0 saturated carbocycles. The summed E-state index contributed by atoms with van der Waals surface area (Å²) in [7, 11) is 4.06. The van der Waals surface area contributed by atoms with E-state index in [1.165, 1.54) is 0 Å². The van der Waals surface area contributed by atoms with E-state index in [1.807, 2.05) is 16.8 Å². The zero-order valence-electron chi connectivity index (χ0n) is 12.1. The van der Waals surface area contributed by atoms with E-state index in [4.69, 9.17) is 0 Å². The molecule has 0 atom stereocenters. The minimum atomic E-state index is 0.205. The van der Waals surface area contributed by atoms with Gasteiger partial charge in [0.25, 0.3) is 0 Å². The van der Waals surface area contributed by atoms with Crippen molar-refractivity contribution in [3.05, 3.63) is 0 Å². The van der Waals surface area contributed by atoms with Crippen molar-refractivity contribution in [2.24, 2.45) is 0 Å². The van der Waals surface area contributed by atoms with Crippen molar-refractivity contribution < 1.29 is 4.79 Å². The van der Waals surface area contributed by atoms with E-state index in [2.05, 4.69) is 30.7 Å². The third-order valence-electron chi connectivity index (χ3n) is 4.24. The fraction of sp³-hybridized carbons (Fsp3) is 0.923. The number of hydrogen-bond acceptors (Lipinski definition) is 3. The topological polar surface area (TPSA) is 30.0 Å². The van der Waals surface area contributed by atoms with Crippen LogP contribution in [0.1, 0.15) is 13.8 Å². The summed E-state index contributed by atoms with van der Waals surface area (Å²) in [6, 6.07) is 1.20. The minimum absolute atomic E-state index is 0.205. The molecule has 2 heterocycles. The van der Waals surface area contributed by atoms with Crippen LogP contribution in [-0.4, -0.2) is 91.1 Å². The summed E-state index contributed by atoms with van der Waals surface area (Å²) in [5.41, 5.74) is 0. The van der Waals surface area contributed by atoms with Gasteiger partial charge in [-0.05, 0) is 20.9 Å². The van der Waals surface area contributed by atoms with Gasteiger partial charge in [-0.1, -0.05) is 0 Å². The number of likely N-dealkylation sites (N-methyl/N-ethyl adjacent to an activating group) is 2. The number of piperazine rings is 1. The highest BCUT2D eigenvalue weighted by Crippen LogP contribution is 2.18. The van der Waals surface area contributed by atoms with Crippen LogP contribution in [0, 0.1) is 0 Å². The van der Waals surface area contributed by atoms with Gasteiger partial charge in [-0.3, -0.25) is 4.90 Å². The molecule has 0 spiro atoms. The Kier molecular flexibility index (Phi) is 4.12. The summed E-state index contributed by atoms with van der Waals surface area (Å²) < 4.78 is 0. The number of rotatable bonds is 2. The molecular formula is C13H26N4O. The number of nitrogens with zero attached hydrogens (tertiary/aromatic N) is 4. The second-order valence-electron chi connectivity index (χ2n) is 5.89. The Morgan fingerprint density at radius 3 is 2.22 bits per heavy atom. The van der Waals surface area contributed by atoms with Crippen LogP contribution in [0.25, 0.3) is 0 Å². The molecule has 104 valence electrons. The molecule has 0 bridgehead atoms. The Labute approximate surface area is 110 Å². The van der Waals surface area contributed by atoms with Gasteiger partial charge in [0.1, 0.15) is 0 Å². The lowest BCUT2D eigenvalue weighted by Crippen LogP contribution is -2.63. The van der Waals surface area contributed by atoms with E-state index in [9.17, 15) is 4.79 Å². The smallest absolute Gasteiger partial charge is 0.320 e. The molecule has 2 aliphatic rings. The molecule has 0 aromatic heterocycles. The van der Waals surface area contributed by atoms with Crippen molar-refractivity contribution >= 4 is 6.03 Å². The summed E-state index contributed by atoms with van der Waals surface area (Å²) in [6.07, 6.45) is 0. The molecule has 0 radical (unpaired) electrons. The van der Waals surface area contributed by atoms with E-state index >= 15 is 0 Å². The molecule has 2 amide bonds. The Hall–Kier alpha value is -0.810. The van der Waals surface area contributed by atoms with Crippen LogP contribution >= 0.6 is 0 Å². The average Bonchev–Trinajstić information content (AvgIpc) is 2.26. The summed E-state index contributed by atoms with van der Waals surface area (Å²) in [5.74, 6) is 0. The number of likely N-dealkylation sites (tertiary alicyclic amines) is 1. The van der Waals surface area contributed by atoms with Crippen LogP contribution < -0.4 is 0 Å². The predicted octanol–water partition coefficient (Wildman–Crippen LogP) is 0.378. The zero-order valence-corrected chi connectivity index (χ0v) is 12.1. The fourth-order valence-electron chi connectivity index (χ4n) is 2.53. The summed E-state index contributed by atoms with van der Waals surface area (Å²) in [5, 5.41) is 0. The molecule has 18 heavy (non-hydrogen) atoms. The minimum Gasteiger partial charge on any atom is -0.322 e. The van der Waals surface area contributed by atoms with Crippen molar-refractivity contribution in [1.29, 1.82) is 0 Å². The molecule has 5 nitrogen and oxygen atoms in total. The van der Waals surface area contributed by atoms with Crippen LogP contribution in [0.5, 0.6) is 0 Å². The standard InChI is InChI=1S/C13H26N4O/c1-11(2)17-9-12(10-17)15(4)13(18)16-7-5-14(3)6-8-16/h11-12H,5-10H2,1-4H3. The second kappa shape index (κ2) is 5.45. The largest absolute Gasteiger partial charge is 0.322 e. The van der Waals surface area contributed by atoms with Crippen molar-refractivity contribution in [1.82, 2.24) is 19.6 Å². The van der Waals surface area contributed by atoms with E-state index in [1.54, 1.807) is 0 Å². The lowest BCUT2D eigenvalue weighted by molar-refractivity contribution is 0.0300. The molecule has 0 aromatic rings. The Morgan fingerprint density at radius 2 is 1.72 bits per heavy atom. The van der Waals surface area contributed by atoms with Gasteiger partial charge in [-0.15, -0.1) is 0 Å². The number of hydrogen-bond donors (Lipinski definition) is 0. The average molecular weight is 254 g/mol. The maximum atomic E-state index is 12.3. The van der Waals surface area contributed by atoms with Gasteiger partial charge in [0, 0.05) is 52.4 Å². The van der Waals surface area contributed by atoms with E-state index in [0.717, 1.165) is 39.3 Å². The number of carbonyl (C=O) groups is 1. The fourth-order valence-corrected chi connectivity index (χ4v) is 2.53. The normalized spacial score (nSPS) is 23.3. The molecule has 0 aliphatic carbocycles. The van der Waals surface area contributed by atoms with Crippen molar-refractivity contribution in [3.8, 4) is 0 Å². The number of amides is 2. The molecule has 2 saturated heterocycles. The zero-order chi connectivity index (χ0) is 13.3. The van der Waals surface area contributed by atoms with Crippen LogP contribution in [0.2, 0.25) is 0 Å². The maximum Gasteiger partial charge on any atom is 0.320 e. The van der Waals surface area contributed by atoms with E-state index < -0.39 is 0 Å². The molecule has 5 heteroatoms. The Bertz CT molecular complexity index is 293. The summed E-state index contributed by atoms with van der Waals surface area (Å²) in [4.78, 5) is 20.9. The van der Waals surface area contributed by atoms with Crippen molar-refractivity contribution in [2.45, 2.75) is 25.9 Å². The van der Waals surface area contributed by atoms with Gasteiger partial charge in [-0.25, -0.2) is 4.79 Å². The highest BCUT2D eigenvalue weighted by Gasteiger charge is 2.35. The third-order valence-corrected chi connectivity index (χ3v) is 4.24. The van der Waals surface area contributed by atoms with Gasteiger partial charge >= 0.3 is 6.03 Å². The maximum absolute atomic E-state index is 12.3. The van der Waals surface area contributed by atoms with Gasteiger partial charge in [0.2, 0.25) is 0 Å². The molecule has 0 N–H and O–H groups in total. The molecule has 2 aliphatic heterocycles. The van der Waals surface area contributed by atoms with Crippen molar-refractivity contribution in [3.63, 3.8) is 0 Å². The molecule has 2 rings (SSSR count). The van der Waals surface area contributed by atoms with Gasteiger partial charge in [0.15, 0.2) is 0 Å². The van der Waals surface area contributed by atoms with Gasteiger partial charge in [-0.2, -0.15) is 0 Å². The SMILES string of the molecule is CC(C)N1CC(N(C)C(=O)N2CCN(C)CC2)C1. The lowest BCUT2D eigenvalue weighted by atomic mass is 10.1. The Morgan fingerprint density at radius 1 is 1.17 bits per heavy atom. The van der Waals surface area contributed by atoms with E-state index in [-0.39, 0.29) is 6.03 Å². The first kappa shape index (κ1) is 13.6. The predicted molar refractivity (Wildman–Crippen MR) is 72.7 cm³/mol. The first-order valence-electron chi connectivity index (χ1n) is 6.93. The van der Waals surface area contributed by atoms with Crippen LogP contribution in [0.3, 0.4) is 0 Å². The van der Waals surface area contributed by atoms with Gasteiger partial charge < -0.3 is 14.7 Å². The van der Waals surface area contributed by atoms with Crippen LogP contribution in [0.15, 0.2) is 0 Å². The quantitative estimate of drug-likeness (QED) is 0.713. The Balaban J connectivity index is 1.79. The molecule has 0 aromatic carbocycles. The molecular weight excluding hydrogens is 228 g/mol. The summed E-state index contributed by atoms with van der Waals surface area (Å²) in [6.45, 7) is 10.2. The first-order valence-corrected chi connectivity index (χ1v) is 6.93.